The van der Waals surface area contributed by atoms with E-state index in [-0.39, 0.29) is 0 Å². The van der Waals surface area contributed by atoms with Crippen LogP contribution in [0.5, 0.6) is 0 Å². The van der Waals surface area contributed by atoms with Crippen molar-refractivity contribution in [3.05, 3.63) is 36.0 Å². The van der Waals surface area contributed by atoms with Crippen LogP contribution in [0.2, 0.25) is 0 Å². The average molecular weight is 238 g/mol. The lowest BCUT2D eigenvalue weighted by atomic mass is 10.1. The van der Waals surface area contributed by atoms with Gasteiger partial charge >= 0.3 is 0 Å². The van der Waals surface area contributed by atoms with Crippen LogP contribution in [-0.2, 0) is 6.42 Å². The van der Waals surface area contributed by atoms with Gasteiger partial charge in [0.25, 0.3) is 0 Å². The van der Waals surface area contributed by atoms with E-state index >= 15 is 0 Å². The summed E-state index contributed by atoms with van der Waals surface area (Å²) < 4.78 is 0. The number of halogens is 1. The van der Waals surface area contributed by atoms with Gasteiger partial charge in [0.1, 0.15) is 0 Å². The number of aromatic amines is 1. The molecule has 0 saturated heterocycles. The summed E-state index contributed by atoms with van der Waals surface area (Å²) in [6.45, 7) is 0. The molecule has 1 aromatic carbocycles. The van der Waals surface area contributed by atoms with Crippen LogP contribution in [0.3, 0.4) is 0 Å². The van der Waals surface area contributed by atoms with Crippen molar-refractivity contribution in [3.63, 3.8) is 0 Å². The van der Waals surface area contributed by atoms with E-state index in [1.54, 1.807) is 0 Å². The normalized spacial score (nSPS) is 10.8. The van der Waals surface area contributed by atoms with Gasteiger partial charge in [-0.15, -0.1) is 0 Å². The molecule has 1 heterocycles. The van der Waals surface area contributed by atoms with Gasteiger partial charge < -0.3 is 4.98 Å². The minimum atomic E-state index is 1.08. The van der Waals surface area contributed by atoms with Crippen LogP contribution in [-0.4, -0.2) is 10.3 Å². The van der Waals surface area contributed by atoms with Crippen LogP contribution in [0.4, 0.5) is 0 Å². The zero-order valence-corrected chi connectivity index (χ0v) is 8.97. The third-order valence-electron chi connectivity index (χ3n) is 2.25. The molecule has 0 saturated carbocycles. The minimum absolute atomic E-state index is 1.08. The van der Waals surface area contributed by atoms with Crippen molar-refractivity contribution in [2.45, 2.75) is 12.8 Å². The van der Waals surface area contributed by atoms with E-state index in [4.69, 9.17) is 0 Å². The first-order valence-electron chi connectivity index (χ1n) is 4.53. The van der Waals surface area contributed by atoms with Gasteiger partial charge in [0.2, 0.25) is 0 Å². The van der Waals surface area contributed by atoms with Gasteiger partial charge in [-0.1, -0.05) is 34.1 Å². The van der Waals surface area contributed by atoms with E-state index in [1.165, 1.54) is 22.9 Å². The lowest BCUT2D eigenvalue weighted by Gasteiger charge is -1.95. The highest BCUT2D eigenvalue weighted by atomic mass is 79.9. The molecule has 1 aromatic heterocycles. The van der Waals surface area contributed by atoms with Gasteiger partial charge in [0, 0.05) is 22.4 Å². The Morgan fingerprint density at radius 3 is 2.92 bits per heavy atom. The van der Waals surface area contributed by atoms with Crippen molar-refractivity contribution >= 4 is 26.8 Å². The molecule has 2 rings (SSSR count). The molecule has 0 bridgehead atoms. The Labute approximate surface area is 86.3 Å². The molecule has 0 spiro atoms. The van der Waals surface area contributed by atoms with Crippen molar-refractivity contribution in [2.24, 2.45) is 0 Å². The molecule has 0 aliphatic heterocycles. The number of nitrogens with one attached hydrogen (secondary N) is 1. The fraction of sp³-hybridized carbons (Fsp3) is 0.273. The quantitative estimate of drug-likeness (QED) is 0.787. The van der Waals surface area contributed by atoms with Crippen LogP contribution >= 0.6 is 15.9 Å². The summed E-state index contributed by atoms with van der Waals surface area (Å²) in [6.07, 6.45) is 4.46. The molecule has 0 amide bonds. The molecular formula is C11H12BrN. The highest BCUT2D eigenvalue weighted by Crippen LogP contribution is 2.18. The third kappa shape index (κ3) is 1.78. The molecule has 1 nitrogen and oxygen atoms in total. The fourth-order valence-electron chi connectivity index (χ4n) is 1.60. The van der Waals surface area contributed by atoms with Crippen molar-refractivity contribution in [1.82, 2.24) is 4.98 Å². The molecule has 0 unspecified atom stereocenters. The maximum Gasteiger partial charge on any atom is 0.0456 e. The molecular weight excluding hydrogens is 226 g/mol. The molecule has 2 heteroatoms. The summed E-state index contributed by atoms with van der Waals surface area (Å²) in [7, 11) is 0. The summed E-state index contributed by atoms with van der Waals surface area (Å²) in [5.74, 6) is 0. The highest BCUT2D eigenvalue weighted by molar-refractivity contribution is 9.09. The monoisotopic (exact) mass is 237 g/mol. The summed E-state index contributed by atoms with van der Waals surface area (Å²) in [6, 6.07) is 8.45. The van der Waals surface area contributed by atoms with E-state index in [0.717, 1.165) is 11.8 Å². The van der Waals surface area contributed by atoms with E-state index in [2.05, 4.69) is 51.4 Å². The molecule has 1 N–H and O–H groups in total. The van der Waals surface area contributed by atoms with Crippen molar-refractivity contribution in [3.8, 4) is 0 Å². The van der Waals surface area contributed by atoms with Crippen LogP contribution in [0.15, 0.2) is 30.5 Å². The smallest absolute Gasteiger partial charge is 0.0456 e. The first-order chi connectivity index (χ1) is 6.42. The van der Waals surface area contributed by atoms with Crippen molar-refractivity contribution in [2.75, 3.05) is 5.33 Å². The Balaban J connectivity index is 2.35. The first-order valence-corrected chi connectivity index (χ1v) is 5.65. The van der Waals surface area contributed by atoms with Crippen LogP contribution in [0.1, 0.15) is 12.0 Å². The van der Waals surface area contributed by atoms with Gasteiger partial charge in [-0.05, 0) is 24.5 Å². The second-order valence-electron chi connectivity index (χ2n) is 3.15. The number of rotatable bonds is 3. The number of alkyl halides is 1. The number of aryl methyl sites for hydroxylation is 1. The maximum absolute atomic E-state index is 3.45. The third-order valence-corrected chi connectivity index (χ3v) is 2.82. The summed E-state index contributed by atoms with van der Waals surface area (Å²) in [5.41, 5.74) is 2.67. The molecule has 0 fully saturated rings. The molecule has 0 aliphatic carbocycles. The number of benzene rings is 1. The first kappa shape index (κ1) is 8.82. The number of aromatic nitrogens is 1. The van der Waals surface area contributed by atoms with E-state index in [1.807, 2.05) is 0 Å². The summed E-state index contributed by atoms with van der Waals surface area (Å²) in [4.78, 5) is 3.28. The lowest BCUT2D eigenvalue weighted by Crippen LogP contribution is -1.82. The average Bonchev–Trinajstić information content (AvgIpc) is 2.58. The van der Waals surface area contributed by atoms with E-state index < -0.39 is 0 Å². The fourth-order valence-corrected chi connectivity index (χ4v) is 1.88. The standard InChI is InChI=1S/C11H12BrN/c12-7-3-4-9-8-13-11-6-2-1-5-10(9)11/h1-2,5-6,8,13H,3-4,7H2. The van der Waals surface area contributed by atoms with Crippen molar-refractivity contribution < 1.29 is 0 Å². The Morgan fingerprint density at radius 1 is 1.23 bits per heavy atom. The predicted octanol–water partition coefficient (Wildman–Crippen LogP) is 3.50. The largest absolute Gasteiger partial charge is 0.361 e. The zero-order valence-electron chi connectivity index (χ0n) is 7.39. The maximum atomic E-state index is 3.45. The molecule has 2 aromatic rings. The minimum Gasteiger partial charge on any atom is -0.361 e. The summed E-state index contributed by atoms with van der Waals surface area (Å²) in [5, 5.41) is 2.44. The van der Waals surface area contributed by atoms with E-state index in [9.17, 15) is 0 Å². The van der Waals surface area contributed by atoms with Crippen LogP contribution < -0.4 is 0 Å². The SMILES string of the molecule is BrCCCc1c[nH]c2ccccc12. The second-order valence-corrected chi connectivity index (χ2v) is 3.95. The van der Waals surface area contributed by atoms with Gasteiger partial charge in [-0.25, -0.2) is 0 Å². The topological polar surface area (TPSA) is 15.8 Å². The number of para-hydroxylation sites is 1. The number of hydrogen-bond acceptors (Lipinski definition) is 0. The number of hydrogen-bond donors (Lipinski definition) is 1. The Kier molecular flexibility index (Phi) is 2.69. The molecule has 13 heavy (non-hydrogen) atoms. The molecule has 0 atom stereocenters. The van der Waals surface area contributed by atoms with Gasteiger partial charge in [-0.2, -0.15) is 0 Å². The zero-order chi connectivity index (χ0) is 9.10. The van der Waals surface area contributed by atoms with Gasteiger partial charge in [-0.3, -0.25) is 0 Å². The van der Waals surface area contributed by atoms with Crippen LogP contribution in [0.25, 0.3) is 10.9 Å². The lowest BCUT2D eigenvalue weighted by molar-refractivity contribution is 0.947. The van der Waals surface area contributed by atoms with Gasteiger partial charge in [0.05, 0.1) is 0 Å². The van der Waals surface area contributed by atoms with Crippen LogP contribution in [0, 0.1) is 0 Å². The highest BCUT2D eigenvalue weighted by Gasteiger charge is 2.00. The van der Waals surface area contributed by atoms with Gasteiger partial charge in [0.15, 0.2) is 0 Å². The second kappa shape index (κ2) is 3.97. The Bertz CT molecular complexity index is 392. The Hall–Kier alpha value is -0.760. The number of H-pyrrole nitrogens is 1. The van der Waals surface area contributed by atoms with Crippen molar-refractivity contribution in [1.29, 1.82) is 0 Å². The predicted molar refractivity (Wildman–Crippen MR) is 60.4 cm³/mol. The summed E-state index contributed by atoms with van der Waals surface area (Å²) >= 11 is 3.45. The van der Waals surface area contributed by atoms with E-state index in [0.29, 0.717) is 0 Å². The Morgan fingerprint density at radius 2 is 2.08 bits per heavy atom. The number of fused-ring (bicyclic) bond motifs is 1. The molecule has 0 radical (unpaired) electrons. The molecule has 68 valence electrons. The molecule has 0 aliphatic rings.